The maximum Gasteiger partial charge on any atom is 0.258 e. The summed E-state index contributed by atoms with van der Waals surface area (Å²) in [5.41, 5.74) is 0.0885. The third-order valence-electron chi connectivity index (χ3n) is 2.83. The van der Waals surface area contributed by atoms with Gasteiger partial charge in [-0.2, -0.15) is 0 Å². The minimum atomic E-state index is -1.08. The van der Waals surface area contributed by atoms with Gasteiger partial charge in [0.1, 0.15) is 5.75 Å². The highest BCUT2D eigenvalue weighted by atomic mass is 35.5. The summed E-state index contributed by atoms with van der Waals surface area (Å²) in [6, 6.07) is 9.38. The van der Waals surface area contributed by atoms with Gasteiger partial charge in [-0.15, -0.1) is 0 Å². The van der Waals surface area contributed by atoms with Crippen molar-refractivity contribution < 1.29 is 23.1 Å². The zero-order valence-electron chi connectivity index (χ0n) is 12.3. The van der Waals surface area contributed by atoms with Gasteiger partial charge in [0.15, 0.2) is 18.2 Å². The van der Waals surface area contributed by atoms with Crippen molar-refractivity contribution >= 4 is 29.1 Å². The van der Waals surface area contributed by atoms with E-state index in [9.17, 15) is 18.4 Å². The standard InChI is InChI=1S/C16H13ClF2N2O3/c17-10-1-4-12(5-2-10)24-9-16(23)20-8-15(22)21-11-3-6-13(18)14(19)7-11/h1-7H,8-9H2,(H,20,23)(H,21,22). The van der Waals surface area contributed by atoms with Crippen LogP contribution in [0.3, 0.4) is 0 Å². The van der Waals surface area contributed by atoms with Crippen molar-refractivity contribution in [2.75, 3.05) is 18.5 Å². The second kappa shape index (κ2) is 8.26. The van der Waals surface area contributed by atoms with Crippen molar-refractivity contribution in [3.63, 3.8) is 0 Å². The van der Waals surface area contributed by atoms with E-state index in [-0.39, 0.29) is 18.8 Å². The fraction of sp³-hybridized carbons (Fsp3) is 0.125. The maximum absolute atomic E-state index is 13.0. The number of anilines is 1. The first-order valence-corrected chi connectivity index (χ1v) is 7.22. The van der Waals surface area contributed by atoms with Crippen LogP contribution in [0.25, 0.3) is 0 Å². The summed E-state index contributed by atoms with van der Waals surface area (Å²) in [6.07, 6.45) is 0. The topological polar surface area (TPSA) is 67.4 Å². The normalized spacial score (nSPS) is 10.1. The first-order chi connectivity index (χ1) is 11.4. The Morgan fingerprint density at radius 3 is 2.38 bits per heavy atom. The maximum atomic E-state index is 13.0. The quantitative estimate of drug-likeness (QED) is 0.838. The lowest BCUT2D eigenvalue weighted by Crippen LogP contribution is -2.35. The van der Waals surface area contributed by atoms with Crippen LogP contribution in [-0.4, -0.2) is 25.0 Å². The number of hydrogen-bond acceptors (Lipinski definition) is 3. The SMILES string of the molecule is O=C(COc1ccc(Cl)cc1)NCC(=O)Nc1ccc(F)c(F)c1. The Balaban J connectivity index is 1.73. The zero-order chi connectivity index (χ0) is 17.5. The van der Waals surface area contributed by atoms with Gasteiger partial charge in [0, 0.05) is 16.8 Å². The molecule has 0 aliphatic carbocycles. The predicted octanol–water partition coefficient (Wildman–Crippen LogP) is 2.75. The summed E-state index contributed by atoms with van der Waals surface area (Å²) >= 11 is 5.72. The molecule has 0 aliphatic rings. The van der Waals surface area contributed by atoms with E-state index in [0.29, 0.717) is 10.8 Å². The van der Waals surface area contributed by atoms with Crippen molar-refractivity contribution in [3.8, 4) is 5.75 Å². The van der Waals surface area contributed by atoms with E-state index in [1.165, 1.54) is 6.07 Å². The predicted molar refractivity (Wildman–Crippen MR) is 84.9 cm³/mol. The van der Waals surface area contributed by atoms with Gasteiger partial charge in [0.05, 0.1) is 6.54 Å². The van der Waals surface area contributed by atoms with Gasteiger partial charge in [-0.1, -0.05) is 11.6 Å². The molecule has 0 bridgehead atoms. The molecule has 0 atom stereocenters. The highest BCUT2D eigenvalue weighted by Gasteiger charge is 2.08. The minimum absolute atomic E-state index is 0.0885. The molecule has 2 rings (SSSR count). The van der Waals surface area contributed by atoms with Gasteiger partial charge in [-0.25, -0.2) is 8.78 Å². The second-order valence-electron chi connectivity index (χ2n) is 4.70. The highest BCUT2D eigenvalue weighted by Crippen LogP contribution is 2.15. The first-order valence-electron chi connectivity index (χ1n) is 6.84. The van der Waals surface area contributed by atoms with E-state index in [0.717, 1.165) is 12.1 Å². The number of ether oxygens (including phenoxy) is 1. The van der Waals surface area contributed by atoms with Gasteiger partial charge in [-0.05, 0) is 36.4 Å². The third kappa shape index (κ3) is 5.51. The lowest BCUT2D eigenvalue weighted by molar-refractivity contribution is -0.125. The summed E-state index contributed by atoms with van der Waals surface area (Å²) in [5.74, 6) is -2.72. The Kier molecular flexibility index (Phi) is 6.08. The Hall–Kier alpha value is -2.67. The van der Waals surface area contributed by atoms with Crippen molar-refractivity contribution in [1.82, 2.24) is 5.32 Å². The average molecular weight is 355 g/mol. The summed E-state index contributed by atoms with van der Waals surface area (Å²) in [7, 11) is 0. The minimum Gasteiger partial charge on any atom is -0.484 e. The van der Waals surface area contributed by atoms with E-state index >= 15 is 0 Å². The fourth-order valence-corrected chi connectivity index (χ4v) is 1.81. The van der Waals surface area contributed by atoms with Crippen molar-refractivity contribution in [2.24, 2.45) is 0 Å². The Bertz CT molecular complexity index is 739. The number of benzene rings is 2. The molecule has 0 spiro atoms. The number of carbonyl (C=O) groups excluding carboxylic acids is 2. The van der Waals surface area contributed by atoms with E-state index in [1.807, 2.05) is 0 Å². The molecule has 0 saturated carbocycles. The molecule has 2 aromatic rings. The second-order valence-corrected chi connectivity index (χ2v) is 5.13. The van der Waals surface area contributed by atoms with Crippen molar-refractivity contribution in [2.45, 2.75) is 0 Å². The monoisotopic (exact) mass is 354 g/mol. The van der Waals surface area contributed by atoms with Crippen LogP contribution in [-0.2, 0) is 9.59 Å². The van der Waals surface area contributed by atoms with Crippen LogP contribution in [0.4, 0.5) is 14.5 Å². The zero-order valence-corrected chi connectivity index (χ0v) is 13.1. The van der Waals surface area contributed by atoms with Crippen LogP contribution >= 0.6 is 11.6 Å². The van der Waals surface area contributed by atoms with Crippen LogP contribution < -0.4 is 15.4 Å². The summed E-state index contributed by atoms with van der Waals surface area (Å²) < 4.78 is 31.0. The van der Waals surface area contributed by atoms with E-state index in [2.05, 4.69) is 10.6 Å². The Labute approximate surface area is 141 Å². The summed E-state index contributed by atoms with van der Waals surface area (Å²) in [6.45, 7) is -0.609. The number of halogens is 3. The lowest BCUT2D eigenvalue weighted by atomic mass is 10.3. The molecule has 126 valence electrons. The number of rotatable bonds is 6. The molecule has 24 heavy (non-hydrogen) atoms. The van der Waals surface area contributed by atoms with Crippen LogP contribution in [0.2, 0.25) is 5.02 Å². The third-order valence-corrected chi connectivity index (χ3v) is 3.09. The van der Waals surface area contributed by atoms with Gasteiger partial charge >= 0.3 is 0 Å². The van der Waals surface area contributed by atoms with Crippen LogP contribution in [0.15, 0.2) is 42.5 Å². The number of hydrogen-bond donors (Lipinski definition) is 2. The van der Waals surface area contributed by atoms with Crippen LogP contribution in [0.5, 0.6) is 5.75 Å². The molecule has 5 nitrogen and oxygen atoms in total. The summed E-state index contributed by atoms with van der Waals surface area (Å²) in [5, 5.41) is 5.21. The molecule has 0 fully saturated rings. The van der Waals surface area contributed by atoms with Gasteiger partial charge in [-0.3, -0.25) is 9.59 Å². The lowest BCUT2D eigenvalue weighted by Gasteiger charge is -2.08. The molecule has 0 heterocycles. The van der Waals surface area contributed by atoms with Crippen LogP contribution in [0, 0.1) is 11.6 Å². The van der Waals surface area contributed by atoms with E-state index < -0.39 is 23.4 Å². The van der Waals surface area contributed by atoms with Crippen molar-refractivity contribution in [1.29, 1.82) is 0 Å². The molecule has 2 aromatic carbocycles. The molecule has 0 radical (unpaired) electrons. The first kappa shape index (κ1) is 17.7. The highest BCUT2D eigenvalue weighted by molar-refractivity contribution is 6.30. The number of carbonyl (C=O) groups is 2. The molecule has 0 saturated heterocycles. The molecule has 8 heteroatoms. The molecular formula is C16H13ClF2N2O3. The molecule has 0 unspecified atom stereocenters. The van der Waals surface area contributed by atoms with Gasteiger partial charge < -0.3 is 15.4 Å². The average Bonchev–Trinajstić information content (AvgIpc) is 2.56. The number of nitrogens with one attached hydrogen (secondary N) is 2. The molecule has 0 aliphatic heterocycles. The Morgan fingerprint density at radius 1 is 1.00 bits per heavy atom. The molecular weight excluding hydrogens is 342 g/mol. The molecule has 0 aromatic heterocycles. The van der Waals surface area contributed by atoms with Gasteiger partial charge in [0.25, 0.3) is 5.91 Å². The van der Waals surface area contributed by atoms with E-state index in [4.69, 9.17) is 16.3 Å². The molecule has 2 amide bonds. The number of amides is 2. The van der Waals surface area contributed by atoms with Crippen molar-refractivity contribution in [3.05, 3.63) is 59.1 Å². The Morgan fingerprint density at radius 2 is 1.71 bits per heavy atom. The van der Waals surface area contributed by atoms with E-state index in [1.54, 1.807) is 24.3 Å². The largest absolute Gasteiger partial charge is 0.484 e. The molecule has 2 N–H and O–H groups in total. The summed E-state index contributed by atoms with van der Waals surface area (Å²) in [4.78, 5) is 23.2. The fourth-order valence-electron chi connectivity index (χ4n) is 1.69. The smallest absolute Gasteiger partial charge is 0.258 e. The van der Waals surface area contributed by atoms with Crippen LogP contribution in [0.1, 0.15) is 0 Å². The van der Waals surface area contributed by atoms with Gasteiger partial charge in [0.2, 0.25) is 5.91 Å².